The molecule has 1 heterocycles. The molecule has 0 amide bonds. The summed E-state index contributed by atoms with van der Waals surface area (Å²) in [6, 6.07) is 3.67. The summed E-state index contributed by atoms with van der Waals surface area (Å²) in [5.74, 6) is -1.76. The first kappa shape index (κ1) is 12.2. The molecule has 0 saturated heterocycles. The zero-order valence-electron chi connectivity index (χ0n) is 9.72. The Morgan fingerprint density at radius 3 is 2.83 bits per heavy atom. The highest BCUT2D eigenvalue weighted by Gasteiger charge is 2.11. The number of hydrogen-bond donors (Lipinski definition) is 1. The van der Waals surface area contributed by atoms with Gasteiger partial charge in [-0.15, -0.1) is 0 Å². The van der Waals surface area contributed by atoms with Crippen molar-refractivity contribution < 1.29 is 14.3 Å². The van der Waals surface area contributed by atoms with Crippen LogP contribution in [-0.2, 0) is 6.42 Å². The van der Waals surface area contributed by atoms with Crippen molar-refractivity contribution in [1.29, 1.82) is 0 Å². The molecule has 1 N–H and O–H groups in total. The Morgan fingerprint density at radius 1 is 1.39 bits per heavy atom. The SMILES string of the molecule is CCc1cncnc1-c1cc(F)cc(C(=O)O)c1. The fraction of sp³-hybridized carbons (Fsp3) is 0.154. The highest BCUT2D eigenvalue weighted by atomic mass is 19.1. The lowest BCUT2D eigenvalue weighted by molar-refractivity contribution is 0.0696. The zero-order valence-corrected chi connectivity index (χ0v) is 9.72. The average Bonchev–Trinajstić information content (AvgIpc) is 2.38. The van der Waals surface area contributed by atoms with E-state index in [1.165, 1.54) is 18.5 Å². The molecular weight excluding hydrogens is 235 g/mol. The number of carboxylic acid groups (broad SMARTS) is 1. The molecule has 0 aliphatic carbocycles. The summed E-state index contributed by atoms with van der Waals surface area (Å²) in [6.45, 7) is 1.93. The van der Waals surface area contributed by atoms with E-state index < -0.39 is 11.8 Å². The van der Waals surface area contributed by atoms with Gasteiger partial charge in [0.25, 0.3) is 0 Å². The van der Waals surface area contributed by atoms with Gasteiger partial charge in [0.2, 0.25) is 0 Å². The fourth-order valence-electron chi connectivity index (χ4n) is 1.73. The van der Waals surface area contributed by atoms with E-state index in [9.17, 15) is 9.18 Å². The lowest BCUT2D eigenvalue weighted by Gasteiger charge is -2.07. The predicted molar refractivity (Wildman–Crippen MR) is 63.8 cm³/mol. The second kappa shape index (κ2) is 4.91. The van der Waals surface area contributed by atoms with Crippen LogP contribution < -0.4 is 0 Å². The van der Waals surface area contributed by atoms with Crippen molar-refractivity contribution in [1.82, 2.24) is 9.97 Å². The van der Waals surface area contributed by atoms with Gasteiger partial charge in [-0.3, -0.25) is 0 Å². The number of aromatic nitrogens is 2. The second-order valence-corrected chi connectivity index (χ2v) is 3.78. The molecule has 1 aromatic carbocycles. The molecule has 4 nitrogen and oxygen atoms in total. The first-order chi connectivity index (χ1) is 8.61. The molecule has 2 rings (SSSR count). The number of carboxylic acids is 1. The van der Waals surface area contributed by atoms with Crippen LogP contribution in [0.5, 0.6) is 0 Å². The van der Waals surface area contributed by atoms with Crippen LogP contribution in [0.3, 0.4) is 0 Å². The van der Waals surface area contributed by atoms with Crippen LogP contribution in [0.15, 0.2) is 30.7 Å². The summed E-state index contributed by atoms with van der Waals surface area (Å²) in [6.07, 6.45) is 3.70. The van der Waals surface area contributed by atoms with Crippen LogP contribution in [0.2, 0.25) is 0 Å². The van der Waals surface area contributed by atoms with Crippen LogP contribution in [0, 0.1) is 5.82 Å². The third-order valence-corrected chi connectivity index (χ3v) is 2.59. The Morgan fingerprint density at radius 2 is 2.17 bits per heavy atom. The molecule has 0 fully saturated rings. The summed E-state index contributed by atoms with van der Waals surface area (Å²) in [7, 11) is 0. The maximum Gasteiger partial charge on any atom is 0.335 e. The van der Waals surface area contributed by atoms with Crippen molar-refractivity contribution in [3.8, 4) is 11.3 Å². The standard InChI is InChI=1S/C13H11FN2O2/c1-2-8-6-15-7-16-12(8)9-3-10(13(17)18)5-11(14)4-9/h3-7H,2H2,1H3,(H,17,18). The molecule has 0 radical (unpaired) electrons. The third kappa shape index (κ3) is 2.34. The number of halogens is 1. The van der Waals surface area contributed by atoms with E-state index in [0.29, 0.717) is 17.7 Å². The Hall–Kier alpha value is -2.30. The van der Waals surface area contributed by atoms with Gasteiger partial charge in [0, 0.05) is 11.8 Å². The molecule has 5 heteroatoms. The van der Waals surface area contributed by atoms with E-state index in [4.69, 9.17) is 5.11 Å². The highest BCUT2D eigenvalue weighted by Crippen LogP contribution is 2.23. The number of aryl methyl sites for hydroxylation is 1. The first-order valence-electron chi connectivity index (χ1n) is 5.45. The lowest BCUT2D eigenvalue weighted by Crippen LogP contribution is -2.00. The lowest BCUT2D eigenvalue weighted by atomic mass is 10.0. The predicted octanol–water partition coefficient (Wildman–Crippen LogP) is 2.54. The maximum atomic E-state index is 13.4. The number of aromatic carboxylic acids is 1. The van der Waals surface area contributed by atoms with Gasteiger partial charge < -0.3 is 5.11 Å². The van der Waals surface area contributed by atoms with E-state index in [2.05, 4.69) is 9.97 Å². The van der Waals surface area contributed by atoms with Gasteiger partial charge in [0.15, 0.2) is 0 Å². The van der Waals surface area contributed by atoms with Gasteiger partial charge in [-0.1, -0.05) is 6.92 Å². The second-order valence-electron chi connectivity index (χ2n) is 3.78. The quantitative estimate of drug-likeness (QED) is 0.903. The minimum Gasteiger partial charge on any atom is -0.478 e. The molecular formula is C13H11FN2O2. The van der Waals surface area contributed by atoms with E-state index in [-0.39, 0.29) is 5.56 Å². The molecule has 0 unspecified atom stereocenters. The van der Waals surface area contributed by atoms with Crippen LogP contribution in [0.1, 0.15) is 22.8 Å². The Kier molecular flexibility index (Phi) is 3.32. The topological polar surface area (TPSA) is 63.1 Å². The largest absolute Gasteiger partial charge is 0.478 e. The van der Waals surface area contributed by atoms with E-state index >= 15 is 0 Å². The molecule has 0 bridgehead atoms. The van der Waals surface area contributed by atoms with Crippen molar-refractivity contribution in [3.63, 3.8) is 0 Å². The van der Waals surface area contributed by atoms with Crippen LogP contribution in [0.4, 0.5) is 4.39 Å². The summed E-state index contributed by atoms with van der Waals surface area (Å²) in [4.78, 5) is 18.9. The number of hydrogen-bond acceptors (Lipinski definition) is 3. The molecule has 0 aliphatic rings. The van der Waals surface area contributed by atoms with Gasteiger partial charge in [-0.05, 0) is 30.2 Å². The molecule has 1 aromatic heterocycles. The average molecular weight is 246 g/mol. The summed E-state index contributed by atoms with van der Waals surface area (Å²) in [5.41, 5.74) is 1.77. The summed E-state index contributed by atoms with van der Waals surface area (Å²) in [5, 5.41) is 8.91. The number of benzene rings is 1. The van der Waals surface area contributed by atoms with Gasteiger partial charge >= 0.3 is 5.97 Å². The molecule has 2 aromatic rings. The third-order valence-electron chi connectivity index (χ3n) is 2.59. The van der Waals surface area contributed by atoms with E-state index in [0.717, 1.165) is 11.6 Å². The number of carbonyl (C=O) groups is 1. The minimum absolute atomic E-state index is 0.0920. The van der Waals surface area contributed by atoms with Crippen molar-refractivity contribution in [2.24, 2.45) is 0 Å². The molecule has 0 aliphatic heterocycles. The zero-order chi connectivity index (χ0) is 13.1. The van der Waals surface area contributed by atoms with Crippen LogP contribution in [-0.4, -0.2) is 21.0 Å². The molecule has 92 valence electrons. The molecule has 0 atom stereocenters. The fourth-order valence-corrected chi connectivity index (χ4v) is 1.73. The molecule has 18 heavy (non-hydrogen) atoms. The smallest absolute Gasteiger partial charge is 0.335 e. The van der Waals surface area contributed by atoms with Crippen molar-refractivity contribution in [2.75, 3.05) is 0 Å². The monoisotopic (exact) mass is 246 g/mol. The van der Waals surface area contributed by atoms with Gasteiger partial charge in [0.05, 0.1) is 11.3 Å². The summed E-state index contributed by atoms with van der Waals surface area (Å²) >= 11 is 0. The summed E-state index contributed by atoms with van der Waals surface area (Å²) < 4.78 is 13.4. The van der Waals surface area contributed by atoms with Crippen LogP contribution in [0.25, 0.3) is 11.3 Å². The first-order valence-corrected chi connectivity index (χ1v) is 5.45. The normalized spacial score (nSPS) is 10.3. The Labute approximate surface area is 103 Å². The van der Waals surface area contributed by atoms with E-state index in [1.807, 2.05) is 6.92 Å². The minimum atomic E-state index is -1.16. The maximum absolute atomic E-state index is 13.4. The number of rotatable bonds is 3. The Bertz CT molecular complexity index is 599. The molecule has 0 saturated carbocycles. The van der Waals surface area contributed by atoms with Gasteiger partial charge in [-0.2, -0.15) is 0 Å². The Balaban J connectivity index is 2.60. The van der Waals surface area contributed by atoms with Crippen LogP contribution >= 0.6 is 0 Å². The molecule has 0 spiro atoms. The highest BCUT2D eigenvalue weighted by molar-refractivity contribution is 5.89. The van der Waals surface area contributed by atoms with Crippen molar-refractivity contribution >= 4 is 5.97 Å². The van der Waals surface area contributed by atoms with Gasteiger partial charge in [-0.25, -0.2) is 19.2 Å². The number of nitrogens with zero attached hydrogens (tertiary/aromatic N) is 2. The van der Waals surface area contributed by atoms with Gasteiger partial charge in [0.1, 0.15) is 12.1 Å². The van der Waals surface area contributed by atoms with E-state index in [1.54, 1.807) is 6.20 Å². The van der Waals surface area contributed by atoms with Crippen molar-refractivity contribution in [2.45, 2.75) is 13.3 Å². The van der Waals surface area contributed by atoms with Crippen molar-refractivity contribution in [3.05, 3.63) is 47.7 Å².